The van der Waals surface area contributed by atoms with Crippen LogP contribution < -0.4 is 16.2 Å². The number of halogens is 2. The van der Waals surface area contributed by atoms with Crippen LogP contribution in [0.1, 0.15) is 41.6 Å². The number of hydrogen-bond donors (Lipinski definition) is 4. The largest absolute Gasteiger partial charge is 0.478 e. The normalized spacial score (nSPS) is 11.8. The standard InChI is InChI=1S/C30H21Cl2N3O10/c31-19-9-3-17(4-10-19)29(41)44-23(24(28(39)40)45-30(42)18-5-11-20(32)12-6-18)27(38)35-34-25(36)16-7-13-21(14-8-16)33-26(37)22-2-1-15-43-22/h1-15,23-24H,(H,33,37)(H,34,36)(H,35,38)(H,39,40)/t23-,24-/m0/s1. The minimum absolute atomic E-state index is 0.0185. The number of ether oxygens (including phenoxy) is 2. The van der Waals surface area contributed by atoms with E-state index in [0.717, 1.165) is 0 Å². The Labute approximate surface area is 264 Å². The van der Waals surface area contributed by atoms with Gasteiger partial charge in [0.05, 0.1) is 17.4 Å². The third kappa shape index (κ3) is 8.69. The van der Waals surface area contributed by atoms with Crippen molar-refractivity contribution in [3.8, 4) is 0 Å². The summed E-state index contributed by atoms with van der Waals surface area (Å²) in [6.45, 7) is 0. The number of rotatable bonds is 10. The van der Waals surface area contributed by atoms with E-state index in [4.69, 9.17) is 37.1 Å². The number of nitrogens with one attached hydrogen (secondary N) is 3. The van der Waals surface area contributed by atoms with E-state index in [1.807, 2.05) is 5.43 Å². The molecule has 0 bridgehead atoms. The second-order valence-corrected chi connectivity index (χ2v) is 9.83. The number of benzene rings is 3. The van der Waals surface area contributed by atoms with Crippen molar-refractivity contribution < 1.29 is 47.8 Å². The third-order valence-corrected chi connectivity index (χ3v) is 6.36. The molecule has 0 fully saturated rings. The van der Waals surface area contributed by atoms with E-state index >= 15 is 0 Å². The van der Waals surface area contributed by atoms with Crippen molar-refractivity contribution in [2.24, 2.45) is 0 Å². The molecule has 0 aliphatic rings. The Morgan fingerprint density at radius 2 is 1.16 bits per heavy atom. The van der Waals surface area contributed by atoms with Gasteiger partial charge in [-0.15, -0.1) is 0 Å². The Morgan fingerprint density at radius 1 is 0.644 bits per heavy atom. The van der Waals surface area contributed by atoms with Crippen LogP contribution in [-0.2, 0) is 19.1 Å². The zero-order valence-corrected chi connectivity index (χ0v) is 24.2. The molecule has 4 aromatic rings. The molecule has 0 spiro atoms. The molecule has 15 heteroatoms. The third-order valence-electron chi connectivity index (χ3n) is 5.85. The summed E-state index contributed by atoms with van der Waals surface area (Å²) in [5.74, 6) is -6.80. The number of carboxylic acids is 1. The summed E-state index contributed by atoms with van der Waals surface area (Å²) in [4.78, 5) is 75.6. The van der Waals surface area contributed by atoms with E-state index in [2.05, 4.69) is 10.7 Å². The van der Waals surface area contributed by atoms with Crippen LogP contribution in [0.15, 0.2) is 95.6 Å². The summed E-state index contributed by atoms with van der Waals surface area (Å²) in [6.07, 6.45) is -3.29. The minimum atomic E-state index is -2.35. The van der Waals surface area contributed by atoms with Gasteiger partial charge in [-0.1, -0.05) is 23.2 Å². The molecule has 13 nitrogen and oxygen atoms in total. The van der Waals surface area contributed by atoms with Crippen LogP contribution >= 0.6 is 23.2 Å². The van der Waals surface area contributed by atoms with Crippen molar-refractivity contribution >= 4 is 64.5 Å². The van der Waals surface area contributed by atoms with E-state index in [1.165, 1.54) is 85.1 Å². The monoisotopic (exact) mass is 653 g/mol. The molecular weight excluding hydrogens is 633 g/mol. The number of anilines is 1. The molecular formula is C30H21Cl2N3O10. The first kappa shape index (κ1) is 32.3. The second-order valence-electron chi connectivity index (χ2n) is 8.96. The van der Waals surface area contributed by atoms with Gasteiger partial charge >= 0.3 is 17.9 Å². The number of esters is 2. The Bertz CT molecular complexity index is 1710. The predicted molar refractivity (Wildman–Crippen MR) is 158 cm³/mol. The topological polar surface area (TPSA) is 190 Å². The van der Waals surface area contributed by atoms with Crippen molar-refractivity contribution in [3.05, 3.63) is 124 Å². The molecule has 2 atom stereocenters. The summed E-state index contributed by atoms with van der Waals surface area (Å²) in [5.41, 5.74) is 4.19. The maximum atomic E-state index is 13.1. The minimum Gasteiger partial charge on any atom is -0.478 e. The molecule has 0 radical (unpaired) electrons. The molecule has 3 aromatic carbocycles. The molecule has 0 saturated heterocycles. The number of hydrogen-bond acceptors (Lipinski definition) is 9. The second kappa shape index (κ2) is 14.7. The van der Waals surface area contributed by atoms with Crippen LogP contribution in [0.4, 0.5) is 5.69 Å². The highest BCUT2D eigenvalue weighted by Gasteiger charge is 2.41. The highest BCUT2D eigenvalue weighted by Crippen LogP contribution is 2.17. The number of amides is 3. The zero-order chi connectivity index (χ0) is 32.5. The molecule has 0 unspecified atom stereocenters. The van der Waals surface area contributed by atoms with Crippen molar-refractivity contribution in [1.29, 1.82) is 0 Å². The van der Waals surface area contributed by atoms with Crippen molar-refractivity contribution in [1.82, 2.24) is 10.9 Å². The van der Waals surface area contributed by atoms with Gasteiger partial charge in [0.1, 0.15) is 0 Å². The van der Waals surface area contributed by atoms with Crippen LogP contribution in [0.5, 0.6) is 0 Å². The van der Waals surface area contributed by atoms with Gasteiger partial charge in [-0.2, -0.15) is 0 Å². The molecule has 4 rings (SSSR count). The lowest BCUT2D eigenvalue weighted by Gasteiger charge is -2.23. The maximum Gasteiger partial charge on any atom is 0.349 e. The summed E-state index contributed by atoms with van der Waals surface area (Å²) in [6, 6.07) is 18.9. The molecule has 0 saturated carbocycles. The van der Waals surface area contributed by atoms with E-state index in [-0.39, 0.29) is 27.5 Å². The number of aliphatic carboxylic acids is 1. The average molecular weight is 654 g/mol. The molecule has 0 aliphatic heterocycles. The van der Waals surface area contributed by atoms with Gasteiger partial charge in [-0.25, -0.2) is 14.4 Å². The SMILES string of the molecule is O=C(NNC(=O)[C@@H](OC(=O)c1ccc(Cl)cc1)[C@H](OC(=O)c1ccc(Cl)cc1)C(=O)O)c1ccc(NC(=O)c2ccco2)cc1. The van der Waals surface area contributed by atoms with E-state index in [1.54, 1.807) is 6.07 Å². The van der Waals surface area contributed by atoms with Crippen LogP contribution in [0.3, 0.4) is 0 Å². The van der Waals surface area contributed by atoms with Crippen LogP contribution in [-0.4, -0.2) is 52.9 Å². The molecule has 0 aliphatic carbocycles. The van der Waals surface area contributed by atoms with Crippen molar-refractivity contribution in [3.63, 3.8) is 0 Å². The molecule has 4 N–H and O–H groups in total. The number of carboxylic acid groups (broad SMARTS) is 1. The highest BCUT2D eigenvalue weighted by atomic mass is 35.5. The number of carbonyl (C=O) groups excluding carboxylic acids is 5. The quantitative estimate of drug-likeness (QED) is 0.143. The summed E-state index contributed by atoms with van der Waals surface area (Å²) in [5, 5.41) is 13.0. The highest BCUT2D eigenvalue weighted by molar-refractivity contribution is 6.31. The Hall–Kier alpha value is -5.66. The van der Waals surface area contributed by atoms with Gasteiger partial charge in [-0.3, -0.25) is 25.2 Å². The first-order valence-corrected chi connectivity index (χ1v) is 13.5. The predicted octanol–water partition coefficient (Wildman–Crippen LogP) is 4.14. The molecule has 3 amide bonds. The van der Waals surface area contributed by atoms with Gasteiger partial charge in [-0.05, 0) is 84.9 Å². The first-order valence-electron chi connectivity index (χ1n) is 12.7. The van der Waals surface area contributed by atoms with Crippen LogP contribution in [0.25, 0.3) is 0 Å². The van der Waals surface area contributed by atoms with E-state index in [9.17, 15) is 33.9 Å². The lowest BCUT2D eigenvalue weighted by molar-refractivity contribution is -0.159. The van der Waals surface area contributed by atoms with Crippen LogP contribution in [0.2, 0.25) is 10.0 Å². The fourth-order valence-corrected chi connectivity index (χ4v) is 3.85. The first-order chi connectivity index (χ1) is 21.5. The van der Waals surface area contributed by atoms with Gasteiger partial charge in [0, 0.05) is 21.3 Å². The lowest BCUT2D eigenvalue weighted by atomic mass is 10.1. The summed E-state index contributed by atoms with van der Waals surface area (Å²) >= 11 is 11.7. The number of hydrazine groups is 1. The fraction of sp³-hybridized carbons (Fsp3) is 0.0667. The maximum absolute atomic E-state index is 13.1. The van der Waals surface area contributed by atoms with Crippen LogP contribution in [0, 0.1) is 0 Å². The van der Waals surface area contributed by atoms with Gasteiger partial charge < -0.3 is 24.3 Å². The van der Waals surface area contributed by atoms with Crippen molar-refractivity contribution in [2.45, 2.75) is 12.2 Å². The molecule has 230 valence electrons. The zero-order valence-electron chi connectivity index (χ0n) is 22.7. The van der Waals surface area contributed by atoms with Crippen molar-refractivity contribution in [2.75, 3.05) is 5.32 Å². The lowest BCUT2D eigenvalue weighted by Crippen LogP contribution is -2.54. The molecule has 1 heterocycles. The summed E-state index contributed by atoms with van der Waals surface area (Å²) < 4.78 is 15.2. The molecule has 1 aromatic heterocycles. The summed E-state index contributed by atoms with van der Waals surface area (Å²) in [7, 11) is 0. The fourth-order valence-electron chi connectivity index (χ4n) is 3.60. The van der Waals surface area contributed by atoms with E-state index in [0.29, 0.717) is 10.7 Å². The Balaban J connectivity index is 1.48. The smallest absolute Gasteiger partial charge is 0.349 e. The number of carbonyl (C=O) groups is 6. The Kier molecular flexibility index (Phi) is 10.5. The van der Waals surface area contributed by atoms with Gasteiger partial charge in [0.25, 0.3) is 17.7 Å². The molecule has 45 heavy (non-hydrogen) atoms. The van der Waals surface area contributed by atoms with Gasteiger partial charge in [0.2, 0.25) is 12.2 Å². The van der Waals surface area contributed by atoms with E-state index < -0.39 is 47.8 Å². The average Bonchev–Trinajstić information content (AvgIpc) is 3.58. The number of furan rings is 1. The Morgan fingerprint density at radius 3 is 1.64 bits per heavy atom. The van der Waals surface area contributed by atoms with Gasteiger partial charge in [0.15, 0.2) is 5.76 Å².